The fourth-order valence-corrected chi connectivity index (χ4v) is 3.55. The van der Waals surface area contributed by atoms with E-state index in [9.17, 15) is 0 Å². The lowest BCUT2D eigenvalue weighted by atomic mass is 9.91. The molecule has 0 fully saturated rings. The van der Waals surface area contributed by atoms with E-state index in [4.69, 9.17) is 0 Å². The van der Waals surface area contributed by atoms with E-state index in [0.717, 1.165) is 25.7 Å². The molecule has 4 aliphatic rings. The summed E-state index contributed by atoms with van der Waals surface area (Å²) in [6.07, 6.45) is 8.30. The van der Waals surface area contributed by atoms with Crippen molar-refractivity contribution < 1.29 is 0 Å². The number of rotatable bonds is 0. The number of aryl methyl sites for hydroxylation is 4. The van der Waals surface area contributed by atoms with Crippen molar-refractivity contribution in [3.8, 4) is 0 Å². The maximum Gasteiger partial charge on any atom is 0.0994 e. The first kappa shape index (κ1) is 12.6. The van der Waals surface area contributed by atoms with Gasteiger partial charge in [-0.3, -0.25) is 0 Å². The predicted octanol–water partition coefficient (Wildman–Crippen LogP) is 3.83. The number of benzene rings is 1. The summed E-state index contributed by atoms with van der Waals surface area (Å²) in [7, 11) is 0. The van der Waals surface area contributed by atoms with Gasteiger partial charge in [0.05, 0.1) is 18.0 Å². The number of aromatic nitrogens is 2. The predicted molar refractivity (Wildman–Crippen MR) is 85.9 cm³/mol. The maximum absolute atomic E-state index is 4.36. The molecule has 0 N–H and O–H groups in total. The molecule has 2 nitrogen and oxygen atoms in total. The lowest BCUT2D eigenvalue weighted by Crippen LogP contribution is -2.06. The Balaban J connectivity index is 1.90. The van der Waals surface area contributed by atoms with Gasteiger partial charge in [0.1, 0.15) is 0 Å². The lowest BCUT2D eigenvalue weighted by Gasteiger charge is -2.17. The molecule has 2 aliphatic carbocycles. The van der Waals surface area contributed by atoms with Gasteiger partial charge in [-0.25, -0.2) is 4.98 Å². The fraction of sp³-hybridized carbons (Fsp3) is 0.316. The molecule has 0 unspecified atom stereocenters. The first-order valence-electron chi connectivity index (χ1n) is 7.75. The number of hydrogen-bond donors (Lipinski definition) is 0. The fourth-order valence-electron chi connectivity index (χ4n) is 3.55. The smallest absolute Gasteiger partial charge is 0.0994 e. The van der Waals surface area contributed by atoms with Gasteiger partial charge in [-0.15, -0.1) is 0 Å². The van der Waals surface area contributed by atoms with Crippen LogP contribution in [0.3, 0.4) is 0 Å². The van der Waals surface area contributed by atoms with Crippen molar-refractivity contribution in [2.45, 2.75) is 39.5 Å². The van der Waals surface area contributed by atoms with E-state index < -0.39 is 0 Å². The normalized spacial score (nSPS) is 14.4. The van der Waals surface area contributed by atoms with Gasteiger partial charge in [0.15, 0.2) is 0 Å². The zero-order chi connectivity index (χ0) is 14.4. The van der Waals surface area contributed by atoms with Crippen molar-refractivity contribution >= 4 is 5.52 Å². The zero-order valence-electron chi connectivity index (χ0n) is 12.7. The van der Waals surface area contributed by atoms with Crippen molar-refractivity contribution in [3.05, 3.63) is 70.3 Å². The van der Waals surface area contributed by atoms with Crippen LogP contribution in [0.25, 0.3) is 5.52 Å². The quantitative estimate of drug-likeness (QED) is 0.610. The Morgan fingerprint density at radius 3 is 2.19 bits per heavy atom. The van der Waals surface area contributed by atoms with E-state index in [0.29, 0.717) is 0 Å². The number of pyridine rings is 1. The maximum atomic E-state index is 4.36. The lowest BCUT2D eigenvalue weighted by molar-refractivity contribution is 0.853. The average Bonchev–Trinajstić information content (AvgIpc) is 2.96. The number of imidazole rings is 1. The van der Waals surface area contributed by atoms with E-state index in [-0.39, 0.29) is 0 Å². The molecule has 0 saturated carbocycles. The standard InChI is InChI=1S/C19H20N2/c1-13-14(2)16-4-3-15(13)5-6-17-8-10-18(9-7-16)21-12-20-11-19(17)21/h3-4,8,10-12H,5-7,9H2,1-2H3. The van der Waals surface area contributed by atoms with Crippen LogP contribution in [0.15, 0.2) is 36.8 Å². The first-order chi connectivity index (χ1) is 10.2. The molecule has 0 radical (unpaired) electrons. The van der Waals surface area contributed by atoms with Crippen molar-refractivity contribution in [3.63, 3.8) is 0 Å². The SMILES string of the molecule is Cc1c2ccc(c1C)CCc1ccc(c3cncn13)CC2. The van der Waals surface area contributed by atoms with Crippen molar-refractivity contribution in [1.29, 1.82) is 0 Å². The van der Waals surface area contributed by atoms with E-state index in [1.54, 1.807) is 0 Å². The molecule has 0 spiro atoms. The minimum Gasteiger partial charge on any atom is -0.303 e. The molecule has 2 aromatic heterocycles. The molecule has 7 rings (SSSR count). The van der Waals surface area contributed by atoms with Gasteiger partial charge in [0.25, 0.3) is 0 Å². The molecule has 3 aromatic rings. The summed E-state index contributed by atoms with van der Waals surface area (Å²) in [4.78, 5) is 4.36. The van der Waals surface area contributed by atoms with Gasteiger partial charge in [-0.2, -0.15) is 0 Å². The summed E-state index contributed by atoms with van der Waals surface area (Å²) >= 11 is 0. The molecule has 21 heavy (non-hydrogen) atoms. The Bertz CT molecular complexity index is 760. The van der Waals surface area contributed by atoms with Crippen molar-refractivity contribution in [2.75, 3.05) is 0 Å². The minimum atomic E-state index is 1.06. The monoisotopic (exact) mass is 276 g/mol. The highest BCUT2D eigenvalue weighted by molar-refractivity contribution is 5.55. The summed E-state index contributed by atoms with van der Waals surface area (Å²) in [5, 5.41) is 0. The Morgan fingerprint density at radius 1 is 0.810 bits per heavy atom. The Labute approximate surface area is 125 Å². The summed E-state index contributed by atoms with van der Waals surface area (Å²) < 4.78 is 2.27. The molecule has 106 valence electrons. The van der Waals surface area contributed by atoms with Crippen LogP contribution in [0.1, 0.15) is 33.5 Å². The molecule has 0 amide bonds. The molecule has 2 heteroatoms. The van der Waals surface area contributed by atoms with Gasteiger partial charge < -0.3 is 4.40 Å². The van der Waals surface area contributed by atoms with E-state index >= 15 is 0 Å². The highest BCUT2D eigenvalue weighted by Crippen LogP contribution is 2.24. The van der Waals surface area contributed by atoms with Crippen LogP contribution in [0, 0.1) is 13.8 Å². The topological polar surface area (TPSA) is 17.3 Å². The third kappa shape index (κ3) is 1.98. The largest absolute Gasteiger partial charge is 0.303 e. The van der Waals surface area contributed by atoms with Gasteiger partial charge in [0.2, 0.25) is 0 Å². The second-order valence-electron chi connectivity index (χ2n) is 6.13. The van der Waals surface area contributed by atoms with E-state index in [1.807, 2.05) is 12.5 Å². The van der Waals surface area contributed by atoms with Crippen LogP contribution < -0.4 is 0 Å². The summed E-state index contributed by atoms with van der Waals surface area (Å²) in [5.41, 5.74) is 9.95. The summed E-state index contributed by atoms with van der Waals surface area (Å²) in [6, 6.07) is 9.23. The van der Waals surface area contributed by atoms with Crippen LogP contribution in [0.4, 0.5) is 0 Å². The van der Waals surface area contributed by atoms with Gasteiger partial charge in [0, 0.05) is 5.69 Å². The molecule has 1 aromatic carbocycles. The second kappa shape index (κ2) is 4.73. The van der Waals surface area contributed by atoms with Crippen LogP contribution in [0.2, 0.25) is 0 Å². The second-order valence-corrected chi connectivity index (χ2v) is 6.13. The summed E-state index contributed by atoms with van der Waals surface area (Å²) in [5.74, 6) is 0. The molecular formula is C19H20N2. The first-order valence-corrected chi connectivity index (χ1v) is 7.75. The highest BCUT2D eigenvalue weighted by Gasteiger charge is 2.12. The molecule has 0 saturated heterocycles. The Hall–Kier alpha value is -2.09. The summed E-state index contributed by atoms with van der Waals surface area (Å²) in [6.45, 7) is 4.55. The van der Waals surface area contributed by atoms with Gasteiger partial charge >= 0.3 is 0 Å². The van der Waals surface area contributed by atoms with Gasteiger partial charge in [-0.05, 0) is 73.4 Å². The van der Waals surface area contributed by atoms with Crippen molar-refractivity contribution in [2.24, 2.45) is 0 Å². The molecule has 2 aliphatic heterocycles. The molecular weight excluding hydrogens is 256 g/mol. The van der Waals surface area contributed by atoms with Crippen LogP contribution in [-0.2, 0) is 25.7 Å². The Morgan fingerprint density at radius 2 is 1.43 bits per heavy atom. The minimum absolute atomic E-state index is 1.06. The van der Waals surface area contributed by atoms with Crippen LogP contribution in [0.5, 0.6) is 0 Å². The molecule has 4 heterocycles. The third-order valence-electron chi connectivity index (χ3n) is 5.08. The van der Waals surface area contributed by atoms with Gasteiger partial charge in [-0.1, -0.05) is 18.2 Å². The van der Waals surface area contributed by atoms with E-state index in [2.05, 4.69) is 47.5 Å². The number of nitrogens with zero attached hydrogens (tertiary/aromatic N) is 2. The van der Waals surface area contributed by atoms with Crippen LogP contribution in [-0.4, -0.2) is 9.38 Å². The molecule has 4 bridgehead atoms. The van der Waals surface area contributed by atoms with Crippen molar-refractivity contribution in [1.82, 2.24) is 9.38 Å². The highest BCUT2D eigenvalue weighted by atomic mass is 15.0. The molecule has 0 atom stereocenters. The van der Waals surface area contributed by atoms with E-state index in [1.165, 1.54) is 39.0 Å². The zero-order valence-corrected chi connectivity index (χ0v) is 12.7. The third-order valence-corrected chi connectivity index (χ3v) is 5.08. The Kier molecular flexibility index (Phi) is 2.85. The van der Waals surface area contributed by atoms with Crippen LogP contribution >= 0.6 is 0 Å². The number of hydrogen-bond acceptors (Lipinski definition) is 1. The average molecular weight is 276 g/mol.